The third-order valence-electron chi connectivity index (χ3n) is 4.02. The molecule has 0 aromatic carbocycles. The van der Waals surface area contributed by atoms with Gasteiger partial charge in [0.15, 0.2) is 0 Å². The molecule has 5 nitrogen and oxygen atoms in total. The van der Waals surface area contributed by atoms with Crippen LogP contribution in [0.25, 0.3) is 0 Å². The summed E-state index contributed by atoms with van der Waals surface area (Å²) in [7, 11) is -3.32. The van der Waals surface area contributed by atoms with Gasteiger partial charge in [0.05, 0.1) is 0 Å². The molecular formula is C12H25N3O2S2. The third-order valence-corrected chi connectivity index (χ3v) is 7.45. The van der Waals surface area contributed by atoms with Crippen molar-refractivity contribution in [2.75, 3.05) is 31.9 Å². The molecule has 19 heavy (non-hydrogen) atoms. The van der Waals surface area contributed by atoms with E-state index in [1.807, 2.05) is 11.8 Å². The second-order valence-electron chi connectivity index (χ2n) is 5.26. The maximum atomic E-state index is 12.8. The SMILES string of the molecule is CCC1CN(S(=O)(=O)N2CCCCC2CN)CCS1. The highest BCUT2D eigenvalue weighted by Gasteiger charge is 2.37. The van der Waals surface area contributed by atoms with Crippen molar-refractivity contribution in [3.63, 3.8) is 0 Å². The second kappa shape index (κ2) is 6.76. The molecule has 2 fully saturated rings. The highest BCUT2D eigenvalue weighted by Crippen LogP contribution is 2.27. The van der Waals surface area contributed by atoms with Crippen LogP contribution in [0.5, 0.6) is 0 Å². The molecule has 2 N–H and O–H groups in total. The second-order valence-corrected chi connectivity index (χ2v) is 8.55. The zero-order valence-electron chi connectivity index (χ0n) is 11.6. The zero-order valence-corrected chi connectivity index (χ0v) is 13.3. The standard InChI is InChI=1S/C12H25N3O2S2/c1-2-12-10-14(7-8-18-12)19(16,17)15-6-4-3-5-11(15)9-13/h11-12H,2-10,13H2,1H3. The molecule has 2 heterocycles. The molecule has 2 aliphatic heterocycles. The Morgan fingerprint density at radius 3 is 2.79 bits per heavy atom. The quantitative estimate of drug-likeness (QED) is 0.837. The third kappa shape index (κ3) is 3.44. The number of hydrogen-bond acceptors (Lipinski definition) is 4. The van der Waals surface area contributed by atoms with E-state index in [0.717, 1.165) is 31.4 Å². The van der Waals surface area contributed by atoms with E-state index in [9.17, 15) is 8.42 Å². The van der Waals surface area contributed by atoms with Crippen LogP contribution in [0.15, 0.2) is 0 Å². The van der Waals surface area contributed by atoms with Gasteiger partial charge in [0.1, 0.15) is 0 Å². The van der Waals surface area contributed by atoms with Gasteiger partial charge in [-0.25, -0.2) is 0 Å². The molecule has 0 aliphatic carbocycles. The Morgan fingerprint density at radius 2 is 2.11 bits per heavy atom. The van der Waals surface area contributed by atoms with Crippen molar-refractivity contribution in [1.29, 1.82) is 0 Å². The number of nitrogens with two attached hydrogens (primary N) is 1. The van der Waals surface area contributed by atoms with Crippen LogP contribution in [0.4, 0.5) is 0 Å². The Labute approximate surface area is 121 Å². The lowest BCUT2D eigenvalue weighted by molar-refractivity contribution is 0.235. The molecule has 2 rings (SSSR count). The Bertz CT molecular complexity index is 388. The molecule has 0 spiro atoms. The summed E-state index contributed by atoms with van der Waals surface area (Å²) >= 11 is 1.89. The minimum absolute atomic E-state index is 0.00611. The van der Waals surface area contributed by atoms with Gasteiger partial charge < -0.3 is 5.73 Å². The summed E-state index contributed by atoms with van der Waals surface area (Å²) < 4.78 is 28.8. The predicted molar refractivity (Wildman–Crippen MR) is 80.4 cm³/mol. The summed E-state index contributed by atoms with van der Waals surface area (Å²) in [6.07, 6.45) is 3.96. The van der Waals surface area contributed by atoms with Crippen LogP contribution in [0.3, 0.4) is 0 Å². The number of thioether (sulfide) groups is 1. The maximum Gasteiger partial charge on any atom is 0.282 e. The summed E-state index contributed by atoms with van der Waals surface area (Å²) in [4.78, 5) is 0. The molecular weight excluding hydrogens is 282 g/mol. The van der Waals surface area contributed by atoms with E-state index in [4.69, 9.17) is 5.73 Å². The summed E-state index contributed by atoms with van der Waals surface area (Å²) in [6, 6.07) is -0.00611. The smallest absolute Gasteiger partial charge is 0.282 e. The molecule has 2 atom stereocenters. The van der Waals surface area contributed by atoms with E-state index in [0.29, 0.717) is 31.4 Å². The Kier molecular flexibility index (Phi) is 5.54. The number of nitrogens with zero attached hydrogens (tertiary/aromatic N) is 2. The fraction of sp³-hybridized carbons (Fsp3) is 1.00. The van der Waals surface area contributed by atoms with Crippen molar-refractivity contribution in [2.45, 2.75) is 43.9 Å². The topological polar surface area (TPSA) is 66.6 Å². The van der Waals surface area contributed by atoms with E-state index in [-0.39, 0.29) is 6.04 Å². The Balaban J connectivity index is 2.11. The summed E-state index contributed by atoms with van der Waals surface area (Å²) in [5, 5.41) is 0.435. The molecule has 0 saturated carbocycles. The molecule has 0 radical (unpaired) electrons. The van der Waals surface area contributed by atoms with Crippen molar-refractivity contribution >= 4 is 22.0 Å². The molecule has 0 amide bonds. The van der Waals surface area contributed by atoms with Crippen LogP contribution in [0.1, 0.15) is 32.6 Å². The first kappa shape index (κ1) is 15.6. The van der Waals surface area contributed by atoms with E-state index < -0.39 is 10.2 Å². The number of rotatable bonds is 4. The lowest BCUT2D eigenvalue weighted by atomic mass is 10.1. The van der Waals surface area contributed by atoms with Gasteiger partial charge in [0, 0.05) is 43.2 Å². The monoisotopic (exact) mass is 307 g/mol. The fourth-order valence-electron chi connectivity index (χ4n) is 2.81. The number of piperidine rings is 1. The average molecular weight is 307 g/mol. The Morgan fingerprint density at radius 1 is 1.32 bits per heavy atom. The van der Waals surface area contributed by atoms with Crippen LogP contribution in [-0.2, 0) is 10.2 Å². The minimum Gasteiger partial charge on any atom is -0.329 e. The van der Waals surface area contributed by atoms with E-state index >= 15 is 0 Å². The van der Waals surface area contributed by atoms with Gasteiger partial charge in [-0.15, -0.1) is 0 Å². The van der Waals surface area contributed by atoms with Gasteiger partial charge in [-0.3, -0.25) is 0 Å². The minimum atomic E-state index is -3.32. The van der Waals surface area contributed by atoms with Crippen molar-refractivity contribution in [1.82, 2.24) is 8.61 Å². The summed E-state index contributed by atoms with van der Waals surface area (Å²) in [6.45, 7) is 4.47. The molecule has 0 aromatic heterocycles. The summed E-state index contributed by atoms with van der Waals surface area (Å²) in [5.41, 5.74) is 5.74. The molecule has 0 bridgehead atoms. The van der Waals surface area contributed by atoms with Crippen LogP contribution in [0, 0.1) is 0 Å². The molecule has 0 aromatic rings. The first-order chi connectivity index (χ1) is 9.09. The van der Waals surface area contributed by atoms with E-state index in [2.05, 4.69) is 6.92 Å². The van der Waals surface area contributed by atoms with Crippen molar-refractivity contribution in [2.24, 2.45) is 5.73 Å². The van der Waals surface area contributed by atoms with Crippen LogP contribution >= 0.6 is 11.8 Å². The predicted octanol–water partition coefficient (Wildman–Crippen LogP) is 0.872. The fourth-order valence-corrected chi connectivity index (χ4v) is 6.12. The Hall–Kier alpha value is 0.180. The van der Waals surface area contributed by atoms with Crippen molar-refractivity contribution in [3.05, 3.63) is 0 Å². The van der Waals surface area contributed by atoms with Gasteiger partial charge in [-0.1, -0.05) is 13.3 Å². The molecule has 112 valence electrons. The zero-order chi connectivity index (χ0) is 13.9. The highest BCUT2D eigenvalue weighted by atomic mass is 32.2. The van der Waals surface area contributed by atoms with Crippen LogP contribution in [0.2, 0.25) is 0 Å². The first-order valence-electron chi connectivity index (χ1n) is 7.18. The molecule has 2 aliphatic rings. The van der Waals surface area contributed by atoms with Gasteiger partial charge in [-0.05, 0) is 19.3 Å². The van der Waals surface area contributed by atoms with Gasteiger partial charge >= 0.3 is 0 Å². The lowest BCUT2D eigenvalue weighted by Crippen LogP contribution is -2.55. The number of hydrogen-bond donors (Lipinski definition) is 1. The molecule has 7 heteroatoms. The van der Waals surface area contributed by atoms with Gasteiger partial charge in [-0.2, -0.15) is 28.8 Å². The largest absolute Gasteiger partial charge is 0.329 e. The van der Waals surface area contributed by atoms with Crippen LogP contribution in [-0.4, -0.2) is 60.3 Å². The van der Waals surface area contributed by atoms with Crippen molar-refractivity contribution in [3.8, 4) is 0 Å². The summed E-state index contributed by atoms with van der Waals surface area (Å²) in [5.74, 6) is 0.902. The van der Waals surface area contributed by atoms with E-state index in [1.54, 1.807) is 8.61 Å². The van der Waals surface area contributed by atoms with Gasteiger partial charge in [0.25, 0.3) is 10.2 Å². The normalized spacial score (nSPS) is 31.5. The highest BCUT2D eigenvalue weighted by molar-refractivity contribution is 8.00. The average Bonchev–Trinajstić information content (AvgIpc) is 2.47. The first-order valence-corrected chi connectivity index (χ1v) is 9.62. The molecule has 2 saturated heterocycles. The molecule has 2 unspecified atom stereocenters. The van der Waals surface area contributed by atoms with Crippen LogP contribution < -0.4 is 5.73 Å². The van der Waals surface area contributed by atoms with Gasteiger partial charge in [0.2, 0.25) is 0 Å². The van der Waals surface area contributed by atoms with Crippen molar-refractivity contribution < 1.29 is 8.42 Å². The maximum absolute atomic E-state index is 12.8. The van der Waals surface area contributed by atoms with E-state index in [1.165, 1.54) is 0 Å². The lowest BCUT2D eigenvalue weighted by Gasteiger charge is -2.39.